The first-order valence-electron chi connectivity index (χ1n) is 11.0. The number of nitrogens with zero attached hydrogens (tertiary/aromatic N) is 2. The Bertz CT molecular complexity index is 925. The lowest BCUT2D eigenvalue weighted by Crippen LogP contribution is -2.48. The van der Waals surface area contributed by atoms with E-state index < -0.39 is 0 Å². The van der Waals surface area contributed by atoms with E-state index in [1.165, 1.54) is 30.0 Å². The monoisotopic (exact) mass is 406 g/mol. The minimum Gasteiger partial charge on any atom is -0.493 e. The van der Waals surface area contributed by atoms with Crippen molar-refractivity contribution in [2.24, 2.45) is 0 Å². The Kier molecular flexibility index (Phi) is 7.03. The summed E-state index contributed by atoms with van der Waals surface area (Å²) in [6.07, 6.45) is 6.22. The van der Waals surface area contributed by atoms with E-state index in [9.17, 15) is 4.79 Å². The van der Waals surface area contributed by atoms with Crippen LogP contribution in [0.25, 0.3) is 10.8 Å². The van der Waals surface area contributed by atoms with Gasteiger partial charge in [-0.1, -0.05) is 49.2 Å². The van der Waals surface area contributed by atoms with Crippen molar-refractivity contribution in [2.75, 3.05) is 39.3 Å². The largest absolute Gasteiger partial charge is 0.493 e. The van der Waals surface area contributed by atoms with E-state index in [-0.39, 0.29) is 5.91 Å². The fraction of sp³-hybridized carbons (Fsp3) is 0.400. The standard InChI is InChI=1S/C25H30N2O3/c28-25(24-13-8-20-30-24)27-17-15-26(16-18-27)14-5-1-2-6-19-29-23-12-7-10-21-9-3-4-11-22(21)23/h3-4,7-13,20H,1-2,5-6,14-19H2. The highest BCUT2D eigenvalue weighted by Gasteiger charge is 2.23. The predicted octanol–water partition coefficient (Wildman–Crippen LogP) is 4.83. The SMILES string of the molecule is O=C(c1ccco1)N1CCN(CCCCCCOc2cccc3ccccc23)CC1. The van der Waals surface area contributed by atoms with Crippen LogP contribution >= 0.6 is 0 Å². The Morgan fingerprint density at radius 1 is 0.867 bits per heavy atom. The quantitative estimate of drug-likeness (QED) is 0.478. The lowest BCUT2D eigenvalue weighted by Gasteiger charge is -2.34. The zero-order valence-corrected chi connectivity index (χ0v) is 17.5. The van der Waals surface area contributed by atoms with Crippen LogP contribution in [-0.2, 0) is 0 Å². The first kappa shape index (κ1) is 20.5. The highest BCUT2D eigenvalue weighted by Crippen LogP contribution is 2.25. The van der Waals surface area contributed by atoms with E-state index in [0.29, 0.717) is 5.76 Å². The third kappa shape index (κ3) is 5.22. The fourth-order valence-corrected chi connectivity index (χ4v) is 4.03. The van der Waals surface area contributed by atoms with Crippen molar-refractivity contribution in [3.05, 3.63) is 66.6 Å². The molecule has 2 aromatic carbocycles. The molecule has 0 aliphatic carbocycles. The number of benzene rings is 2. The van der Waals surface area contributed by atoms with Gasteiger partial charge in [-0.2, -0.15) is 0 Å². The summed E-state index contributed by atoms with van der Waals surface area (Å²) < 4.78 is 11.2. The van der Waals surface area contributed by atoms with Gasteiger partial charge in [0.1, 0.15) is 5.75 Å². The second kappa shape index (κ2) is 10.3. The number of carbonyl (C=O) groups is 1. The highest BCUT2D eigenvalue weighted by atomic mass is 16.5. The maximum Gasteiger partial charge on any atom is 0.289 e. The summed E-state index contributed by atoms with van der Waals surface area (Å²) in [4.78, 5) is 16.7. The molecule has 0 bridgehead atoms. The summed E-state index contributed by atoms with van der Waals surface area (Å²) in [6, 6.07) is 18.1. The van der Waals surface area contributed by atoms with Gasteiger partial charge in [-0.3, -0.25) is 9.69 Å². The molecule has 158 valence electrons. The number of ether oxygens (including phenoxy) is 1. The molecule has 1 aliphatic heterocycles. The van der Waals surface area contributed by atoms with Crippen LogP contribution in [0.15, 0.2) is 65.3 Å². The average molecular weight is 407 g/mol. The van der Waals surface area contributed by atoms with Crippen molar-refractivity contribution in [3.63, 3.8) is 0 Å². The fourth-order valence-electron chi connectivity index (χ4n) is 4.03. The second-order valence-corrected chi connectivity index (χ2v) is 7.85. The van der Waals surface area contributed by atoms with Crippen LogP contribution in [0.4, 0.5) is 0 Å². The molecule has 0 atom stereocenters. The van der Waals surface area contributed by atoms with Crippen molar-refractivity contribution in [1.29, 1.82) is 0 Å². The molecule has 1 aliphatic rings. The summed E-state index contributed by atoms with van der Waals surface area (Å²) in [6.45, 7) is 5.30. The van der Waals surface area contributed by atoms with Gasteiger partial charge >= 0.3 is 0 Å². The van der Waals surface area contributed by atoms with Crippen LogP contribution in [0, 0.1) is 0 Å². The Balaban J connectivity index is 1.08. The van der Waals surface area contributed by atoms with E-state index in [4.69, 9.17) is 9.15 Å². The second-order valence-electron chi connectivity index (χ2n) is 7.85. The topological polar surface area (TPSA) is 45.9 Å². The molecule has 0 unspecified atom stereocenters. The van der Waals surface area contributed by atoms with Crippen LogP contribution in [0.5, 0.6) is 5.75 Å². The van der Waals surface area contributed by atoms with Crippen molar-refractivity contribution in [3.8, 4) is 5.75 Å². The minimum atomic E-state index is 0.00541. The van der Waals surface area contributed by atoms with Crippen LogP contribution in [-0.4, -0.2) is 55.0 Å². The van der Waals surface area contributed by atoms with Gasteiger partial charge in [0.2, 0.25) is 0 Å². The van der Waals surface area contributed by atoms with Crippen LogP contribution in [0.1, 0.15) is 36.2 Å². The van der Waals surface area contributed by atoms with Gasteiger partial charge in [0.25, 0.3) is 5.91 Å². The maximum absolute atomic E-state index is 12.3. The molecule has 1 aromatic heterocycles. The first-order valence-corrected chi connectivity index (χ1v) is 11.0. The Hall–Kier alpha value is -2.79. The number of hydrogen-bond donors (Lipinski definition) is 0. The summed E-state index contributed by atoms with van der Waals surface area (Å²) in [7, 11) is 0. The van der Waals surface area contributed by atoms with Crippen LogP contribution in [0.2, 0.25) is 0 Å². The molecule has 4 rings (SSSR count). The first-order chi connectivity index (χ1) is 14.8. The number of fused-ring (bicyclic) bond motifs is 1. The molecule has 5 nitrogen and oxygen atoms in total. The molecule has 0 radical (unpaired) electrons. The number of hydrogen-bond acceptors (Lipinski definition) is 4. The van der Waals surface area contributed by atoms with Crippen LogP contribution in [0.3, 0.4) is 0 Å². The zero-order valence-electron chi connectivity index (χ0n) is 17.5. The number of piperazine rings is 1. The van der Waals surface area contributed by atoms with Gasteiger partial charge in [-0.25, -0.2) is 0 Å². The molecule has 1 saturated heterocycles. The Labute approximate surface area is 178 Å². The summed E-state index contributed by atoms with van der Waals surface area (Å²) in [5.74, 6) is 1.43. The van der Waals surface area contributed by atoms with E-state index >= 15 is 0 Å². The Morgan fingerprint density at radius 3 is 2.50 bits per heavy atom. The van der Waals surface area contributed by atoms with Crippen molar-refractivity contribution in [2.45, 2.75) is 25.7 Å². The third-order valence-corrected chi connectivity index (χ3v) is 5.77. The molecule has 0 N–H and O–H groups in total. The van der Waals surface area contributed by atoms with Gasteiger partial charge in [0.05, 0.1) is 12.9 Å². The van der Waals surface area contributed by atoms with Crippen molar-refractivity contribution >= 4 is 16.7 Å². The third-order valence-electron chi connectivity index (χ3n) is 5.77. The van der Waals surface area contributed by atoms with E-state index in [0.717, 1.165) is 51.5 Å². The van der Waals surface area contributed by atoms with Crippen molar-refractivity contribution in [1.82, 2.24) is 9.80 Å². The molecule has 1 amide bonds. The molecule has 3 aromatic rings. The maximum atomic E-state index is 12.3. The van der Waals surface area contributed by atoms with Gasteiger partial charge in [-0.15, -0.1) is 0 Å². The molecule has 2 heterocycles. The molecule has 1 fully saturated rings. The Morgan fingerprint density at radius 2 is 1.67 bits per heavy atom. The van der Waals surface area contributed by atoms with E-state index in [2.05, 4.69) is 47.4 Å². The average Bonchev–Trinajstić information content (AvgIpc) is 3.33. The molecule has 5 heteroatoms. The van der Waals surface area contributed by atoms with Gasteiger partial charge in [0, 0.05) is 31.6 Å². The number of unbranched alkanes of at least 4 members (excludes halogenated alkanes) is 3. The van der Waals surface area contributed by atoms with Gasteiger partial charge in [-0.05, 0) is 43.0 Å². The number of rotatable bonds is 9. The predicted molar refractivity (Wildman–Crippen MR) is 119 cm³/mol. The zero-order chi connectivity index (χ0) is 20.6. The summed E-state index contributed by atoms with van der Waals surface area (Å²) in [5, 5.41) is 2.41. The molecule has 0 saturated carbocycles. The summed E-state index contributed by atoms with van der Waals surface area (Å²) in [5.41, 5.74) is 0. The molecular weight excluding hydrogens is 376 g/mol. The summed E-state index contributed by atoms with van der Waals surface area (Å²) >= 11 is 0. The molecule has 30 heavy (non-hydrogen) atoms. The molecular formula is C25H30N2O3. The number of carbonyl (C=O) groups excluding carboxylic acids is 1. The number of amides is 1. The lowest BCUT2D eigenvalue weighted by molar-refractivity contribution is 0.0604. The number of furan rings is 1. The minimum absolute atomic E-state index is 0.00541. The normalized spacial score (nSPS) is 14.9. The van der Waals surface area contributed by atoms with E-state index in [1.807, 2.05) is 4.90 Å². The van der Waals surface area contributed by atoms with Gasteiger partial charge < -0.3 is 14.1 Å². The molecule has 0 spiro atoms. The highest BCUT2D eigenvalue weighted by molar-refractivity contribution is 5.91. The smallest absolute Gasteiger partial charge is 0.289 e. The van der Waals surface area contributed by atoms with Crippen molar-refractivity contribution < 1.29 is 13.9 Å². The van der Waals surface area contributed by atoms with Crippen LogP contribution < -0.4 is 4.74 Å². The lowest BCUT2D eigenvalue weighted by atomic mass is 10.1. The van der Waals surface area contributed by atoms with E-state index in [1.54, 1.807) is 18.4 Å². The van der Waals surface area contributed by atoms with Gasteiger partial charge in [0.15, 0.2) is 5.76 Å².